The van der Waals surface area contributed by atoms with Crippen LogP contribution in [0.1, 0.15) is 22.3 Å². The summed E-state index contributed by atoms with van der Waals surface area (Å²) >= 11 is 0. The van der Waals surface area contributed by atoms with Crippen LogP contribution in [-0.4, -0.2) is 4.98 Å². The fourth-order valence-corrected chi connectivity index (χ4v) is 2.00. The second kappa shape index (κ2) is 5.00. The Morgan fingerprint density at radius 1 is 1.06 bits per heavy atom. The van der Waals surface area contributed by atoms with E-state index in [1.54, 1.807) is 0 Å². The Kier molecular flexibility index (Phi) is 3.43. The maximum Gasteiger partial charge on any atom is 0.0416 e. The van der Waals surface area contributed by atoms with E-state index in [4.69, 9.17) is 0 Å². The molecule has 1 aromatic heterocycles. The Morgan fingerprint density at radius 3 is 2.41 bits per heavy atom. The number of hydrogen-bond acceptors (Lipinski definition) is 2. The monoisotopic (exact) mass is 226 g/mol. The third-order valence-corrected chi connectivity index (χ3v) is 2.88. The molecule has 2 rings (SSSR count). The van der Waals surface area contributed by atoms with Gasteiger partial charge in [0.15, 0.2) is 0 Å². The van der Waals surface area contributed by atoms with Crippen LogP contribution < -0.4 is 5.32 Å². The summed E-state index contributed by atoms with van der Waals surface area (Å²) in [7, 11) is 0. The summed E-state index contributed by atoms with van der Waals surface area (Å²) in [5.74, 6) is 0. The second-order valence-electron chi connectivity index (χ2n) is 4.49. The van der Waals surface area contributed by atoms with E-state index in [0.717, 1.165) is 6.54 Å². The highest BCUT2D eigenvalue weighted by Gasteiger charge is 2.01. The predicted octanol–water partition coefficient (Wildman–Crippen LogP) is 3.62. The molecule has 0 spiro atoms. The van der Waals surface area contributed by atoms with Crippen molar-refractivity contribution >= 4 is 5.69 Å². The van der Waals surface area contributed by atoms with Gasteiger partial charge < -0.3 is 5.32 Å². The first-order chi connectivity index (χ1) is 8.16. The van der Waals surface area contributed by atoms with Crippen molar-refractivity contribution in [1.82, 2.24) is 4.98 Å². The highest BCUT2D eigenvalue weighted by atomic mass is 14.9. The summed E-state index contributed by atoms with van der Waals surface area (Å²) in [5.41, 5.74) is 6.21. The van der Waals surface area contributed by atoms with Crippen molar-refractivity contribution in [1.29, 1.82) is 0 Å². The van der Waals surface area contributed by atoms with Crippen molar-refractivity contribution in [3.8, 4) is 0 Å². The van der Waals surface area contributed by atoms with Gasteiger partial charge in [0.25, 0.3) is 0 Å². The zero-order valence-electron chi connectivity index (χ0n) is 10.6. The quantitative estimate of drug-likeness (QED) is 0.864. The molecule has 2 heteroatoms. The predicted molar refractivity (Wildman–Crippen MR) is 72.2 cm³/mol. The summed E-state index contributed by atoms with van der Waals surface area (Å²) in [6.45, 7) is 7.14. The molecule has 0 radical (unpaired) electrons. The van der Waals surface area contributed by atoms with Crippen molar-refractivity contribution in [2.75, 3.05) is 5.32 Å². The van der Waals surface area contributed by atoms with Crippen LogP contribution in [0.4, 0.5) is 5.69 Å². The van der Waals surface area contributed by atoms with Gasteiger partial charge in [-0.2, -0.15) is 0 Å². The van der Waals surface area contributed by atoms with Crippen LogP contribution in [0.3, 0.4) is 0 Å². The molecule has 0 aliphatic heterocycles. The molecule has 2 aromatic rings. The van der Waals surface area contributed by atoms with Crippen LogP contribution >= 0.6 is 0 Å². The average molecular weight is 226 g/mol. The third-order valence-electron chi connectivity index (χ3n) is 2.88. The molecule has 0 unspecified atom stereocenters. The standard InChI is InChI=1S/C15H18N2/c1-11-7-14(9-16-8-11)10-17-15-12(2)5-4-6-13(15)3/h4-9,17H,10H2,1-3H3. The molecule has 1 N–H and O–H groups in total. The minimum atomic E-state index is 0.820. The normalized spacial score (nSPS) is 10.3. The maximum atomic E-state index is 4.20. The van der Waals surface area contributed by atoms with E-state index in [2.05, 4.69) is 55.3 Å². The van der Waals surface area contributed by atoms with Crippen molar-refractivity contribution in [3.63, 3.8) is 0 Å². The Labute approximate surface area is 103 Å². The number of para-hydroxylation sites is 1. The first-order valence-corrected chi connectivity index (χ1v) is 5.87. The van der Waals surface area contributed by atoms with Crippen LogP contribution in [0.2, 0.25) is 0 Å². The molecule has 88 valence electrons. The number of hydrogen-bond donors (Lipinski definition) is 1. The molecule has 17 heavy (non-hydrogen) atoms. The number of pyridine rings is 1. The number of aryl methyl sites for hydroxylation is 3. The van der Waals surface area contributed by atoms with Crippen molar-refractivity contribution in [2.24, 2.45) is 0 Å². The SMILES string of the molecule is Cc1cncc(CNc2c(C)cccc2C)c1. The molecular weight excluding hydrogens is 208 g/mol. The summed E-state index contributed by atoms with van der Waals surface area (Å²) in [4.78, 5) is 4.20. The van der Waals surface area contributed by atoms with E-state index in [0.29, 0.717) is 0 Å². The van der Waals surface area contributed by atoms with E-state index in [-0.39, 0.29) is 0 Å². The smallest absolute Gasteiger partial charge is 0.0416 e. The van der Waals surface area contributed by atoms with Crippen LogP contribution in [-0.2, 0) is 6.54 Å². The molecule has 1 aromatic carbocycles. The van der Waals surface area contributed by atoms with Crippen LogP contribution in [0.15, 0.2) is 36.7 Å². The Hall–Kier alpha value is -1.83. The number of benzene rings is 1. The summed E-state index contributed by atoms with van der Waals surface area (Å²) < 4.78 is 0. The lowest BCUT2D eigenvalue weighted by Gasteiger charge is -2.12. The molecule has 0 fully saturated rings. The summed E-state index contributed by atoms with van der Waals surface area (Å²) in [6.07, 6.45) is 3.79. The highest BCUT2D eigenvalue weighted by molar-refractivity contribution is 5.56. The number of nitrogens with zero attached hydrogens (tertiary/aromatic N) is 1. The maximum absolute atomic E-state index is 4.20. The largest absolute Gasteiger partial charge is 0.380 e. The number of nitrogens with one attached hydrogen (secondary N) is 1. The average Bonchev–Trinajstić information content (AvgIpc) is 2.28. The van der Waals surface area contributed by atoms with Crippen LogP contribution in [0, 0.1) is 20.8 Å². The first-order valence-electron chi connectivity index (χ1n) is 5.87. The van der Waals surface area contributed by atoms with E-state index in [1.165, 1.54) is 27.9 Å². The Bertz CT molecular complexity index is 498. The Balaban J connectivity index is 2.13. The minimum absolute atomic E-state index is 0.820. The summed E-state index contributed by atoms with van der Waals surface area (Å²) in [5, 5.41) is 3.48. The lowest BCUT2D eigenvalue weighted by molar-refractivity contribution is 1.09. The van der Waals surface area contributed by atoms with Crippen LogP contribution in [0.5, 0.6) is 0 Å². The molecule has 2 nitrogen and oxygen atoms in total. The lowest BCUT2D eigenvalue weighted by Crippen LogP contribution is -2.03. The molecule has 0 amide bonds. The van der Waals surface area contributed by atoms with Crippen molar-refractivity contribution < 1.29 is 0 Å². The topological polar surface area (TPSA) is 24.9 Å². The number of anilines is 1. The van der Waals surface area contributed by atoms with Crippen LogP contribution in [0.25, 0.3) is 0 Å². The second-order valence-corrected chi connectivity index (χ2v) is 4.49. The van der Waals surface area contributed by atoms with Gasteiger partial charge in [-0.3, -0.25) is 4.98 Å². The van der Waals surface area contributed by atoms with Gasteiger partial charge in [-0.05, 0) is 43.0 Å². The van der Waals surface area contributed by atoms with Gasteiger partial charge in [0, 0.05) is 24.6 Å². The minimum Gasteiger partial charge on any atom is -0.380 e. The van der Waals surface area contributed by atoms with Gasteiger partial charge in [-0.1, -0.05) is 24.3 Å². The third kappa shape index (κ3) is 2.84. The van der Waals surface area contributed by atoms with E-state index in [9.17, 15) is 0 Å². The van der Waals surface area contributed by atoms with Gasteiger partial charge in [0.05, 0.1) is 0 Å². The highest BCUT2D eigenvalue weighted by Crippen LogP contribution is 2.20. The van der Waals surface area contributed by atoms with Gasteiger partial charge in [0.1, 0.15) is 0 Å². The van der Waals surface area contributed by atoms with E-state index in [1.807, 2.05) is 12.4 Å². The molecule has 0 aliphatic carbocycles. The molecule has 0 aliphatic rings. The number of aromatic nitrogens is 1. The first kappa shape index (κ1) is 11.6. The molecule has 0 saturated carbocycles. The molecule has 0 atom stereocenters. The van der Waals surface area contributed by atoms with Crippen molar-refractivity contribution in [2.45, 2.75) is 27.3 Å². The Morgan fingerprint density at radius 2 is 1.76 bits per heavy atom. The zero-order valence-corrected chi connectivity index (χ0v) is 10.6. The lowest BCUT2D eigenvalue weighted by atomic mass is 10.1. The van der Waals surface area contributed by atoms with Gasteiger partial charge in [-0.25, -0.2) is 0 Å². The molecule has 0 saturated heterocycles. The molecule has 0 bridgehead atoms. The molecule has 1 heterocycles. The van der Waals surface area contributed by atoms with Crippen molar-refractivity contribution in [3.05, 3.63) is 58.9 Å². The van der Waals surface area contributed by atoms with Gasteiger partial charge in [-0.15, -0.1) is 0 Å². The van der Waals surface area contributed by atoms with Gasteiger partial charge >= 0.3 is 0 Å². The van der Waals surface area contributed by atoms with E-state index < -0.39 is 0 Å². The zero-order chi connectivity index (χ0) is 12.3. The summed E-state index contributed by atoms with van der Waals surface area (Å²) in [6, 6.07) is 8.51. The van der Waals surface area contributed by atoms with Gasteiger partial charge in [0.2, 0.25) is 0 Å². The van der Waals surface area contributed by atoms with E-state index >= 15 is 0 Å². The fourth-order valence-electron chi connectivity index (χ4n) is 2.00. The number of rotatable bonds is 3. The molecular formula is C15H18N2. The fraction of sp³-hybridized carbons (Fsp3) is 0.267.